The maximum atomic E-state index is 11.9. The van der Waals surface area contributed by atoms with Gasteiger partial charge in [-0.2, -0.15) is 0 Å². The molecular formula is C11H14BrNO5S. The molecule has 6 nitrogen and oxygen atoms in total. The number of nitrogens with one attached hydrogen (secondary N) is 1. The van der Waals surface area contributed by atoms with Gasteiger partial charge in [-0.05, 0) is 40.5 Å². The van der Waals surface area contributed by atoms with Crippen LogP contribution in [0.4, 0.5) is 0 Å². The van der Waals surface area contributed by atoms with Gasteiger partial charge in [0.05, 0.1) is 16.5 Å². The summed E-state index contributed by atoms with van der Waals surface area (Å²) in [6, 6.07) is 4.39. The number of carboxylic acid groups (broad SMARTS) is 1. The first-order valence-electron chi connectivity index (χ1n) is 5.42. The Hall–Kier alpha value is -1.12. The van der Waals surface area contributed by atoms with E-state index in [0.717, 1.165) is 0 Å². The van der Waals surface area contributed by atoms with Crippen LogP contribution in [-0.2, 0) is 14.8 Å². The Bertz CT molecular complexity index is 558. The molecule has 0 bridgehead atoms. The number of halogens is 1. The van der Waals surface area contributed by atoms with Crippen LogP contribution in [0.3, 0.4) is 0 Å². The van der Waals surface area contributed by atoms with Crippen molar-refractivity contribution in [2.75, 3.05) is 13.7 Å². The second-order valence-electron chi connectivity index (χ2n) is 3.69. The van der Waals surface area contributed by atoms with Crippen molar-refractivity contribution in [3.05, 3.63) is 22.7 Å². The first-order chi connectivity index (χ1) is 8.86. The van der Waals surface area contributed by atoms with E-state index in [2.05, 4.69) is 20.7 Å². The maximum absolute atomic E-state index is 11.9. The van der Waals surface area contributed by atoms with E-state index in [-0.39, 0.29) is 24.3 Å². The average Bonchev–Trinajstić information content (AvgIpc) is 2.34. The summed E-state index contributed by atoms with van der Waals surface area (Å²) in [5.74, 6) is -0.420. The zero-order chi connectivity index (χ0) is 14.5. The Labute approximate surface area is 120 Å². The van der Waals surface area contributed by atoms with Gasteiger partial charge in [-0.3, -0.25) is 4.79 Å². The molecule has 0 amide bonds. The molecular weight excluding hydrogens is 338 g/mol. The molecule has 106 valence electrons. The van der Waals surface area contributed by atoms with E-state index in [1.807, 2.05) is 0 Å². The van der Waals surface area contributed by atoms with Gasteiger partial charge in [-0.25, -0.2) is 13.1 Å². The molecule has 0 aromatic heterocycles. The summed E-state index contributed by atoms with van der Waals surface area (Å²) in [7, 11) is -2.15. The average molecular weight is 352 g/mol. The molecule has 1 aromatic carbocycles. The minimum Gasteiger partial charge on any atom is -0.496 e. The lowest BCUT2D eigenvalue weighted by atomic mass is 10.3. The number of aliphatic carboxylic acids is 1. The molecule has 0 aliphatic rings. The lowest BCUT2D eigenvalue weighted by molar-refractivity contribution is -0.137. The fourth-order valence-corrected chi connectivity index (χ4v) is 3.14. The zero-order valence-electron chi connectivity index (χ0n) is 10.2. The monoisotopic (exact) mass is 351 g/mol. The van der Waals surface area contributed by atoms with Crippen molar-refractivity contribution in [1.29, 1.82) is 0 Å². The predicted molar refractivity (Wildman–Crippen MR) is 72.8 cm³/mol. The van der Waals surface area contributed by atoms with Crippen LogP contribution in [0.1, 0.15) is 12.8 Å². The number of carbonyl (C=O) groups is 1. The minimum atomic E-state index is -3.63. The van der Waals surface area contributed by atoms with Gasteiger partial charge in [-0.15, -0.1) is 0 Å². The standard InChI is InChI=1S/C11H14BrNO5S/c1-18-10-5-4-8(7-9(10)12)19(16,17)13-6-2-3-11(14)15/h4-5,7,13H,2-3,6H2,1H3,(H,14,15). The van der Waals surface area contributed by atoms with Crippen LogP contribution < -0.4 is 9.46 Å². The fraction of sp³-hybridized carbons (Fsp3) is 0.364. The SMILES string of the molecule is COc1ccc(S(=O)(=O)NCCCC(=O)O)cc1Br. The Morgan fingerprint density at radius 3 is 2.68 bits per heavy atom. The highest BCUT2D eigenvalue weighted by atomic mass is 79.9. The molecule has 0 radical (unpaired) electrons. The first kappa shape index (κ1) is 15.9. The molecule has 2 N–H and O–H groups in total. The topological polar surface area (TPSA) is 92.7 Å². The molecule has 1 rings (SSSR count). The third-order valence-corrected chi connectivity index (χ3v) is 4.37. The van der Waals surface area contributed by atoms with Gasteiger partial charge in [-0.1, -0.05) is 0 Å². The summed E-state index contributed by atoms with van der Waals surface area (Å²) in [5.41, 5.74) is 0. The molecule has 0 aliphatic carbocycles. The highest BCUT2D eigenvalue weighted by molar-refractivity contribution is 9.10. The number of benzene rings is 1. The lowest BCUT2D eigenvalue weighted by Gasteiger charge is -2.08. The van der Waals surface area contributed by atoms with Gasteiger partial charge >= 0.3 is 5.97 Å². The van der Waals surface area contributed by atoms with Gasteiger partial charge in [0.25, 0.3) is 0 Å². The molecule has 0 heterocycles. The summed E-state index contributed by atoms with van der Waals surface area (Å²) < 4.78 is 31.7. The van der Waals surface area contributed by atoms with Crippen LogP contribution in [0.5, 0.6) is 5.75 Å². The maximum Gasteiger partial charge on any atom is 0.303 e. The molecule has 0 unspecified atom stereocenters. The van der Waals surface area contributed by atoms with E-state index < -0.39 is 16.0 Å². The summed E-state index contributed by atoms with van der Waals surface area (Å²) in [6.07, 6.45) is 0.167. The summed E-state index contributed by atoms with van der Waals surface area (Å²) in [4.78, 5) is 10.4. The van der Waals surface area contributed by atoms with Gasteiger partial charge < -0.3 is 9.84 Å². The van der Waals surface area contributed by atoms with E-state index in [0.29, 0.717) is 10.2 Å². The molecule has 0 atom stereocenters. The number of hydrogen-bond acceptors (Lipinski definition) is 4. The Morgan fingerprint density at radius 2 is 2.16 bits per heavy atom. The molecule has 0 aliphatic heterocycles. The van der Waals surface area contributed by atoms with Crippen molar-refractivity contribution in [1.82, 2.24) is 4.72 Å². The van der Waals surface area contributed by atoms with Crippen LogP contribution in [0.2, 0.25) is 0 Å². The third-order valence-electron chi connectivity index (χ3n) is 2.29. The summed E-state index contributed by atoms with van der Waals surface area (Å²) in [6.45, 7) is 0.0816. The second-order valence-corrected chi connectivity index (χ2v) is 6.31. The molecule has 0 saturated carbocycles. The zero-order valence-corrected chi connectivity index (χ0v) is 12.6. The molecule has 0 fully saturated rings. The van der Waals surface area contributed by atoms with Crippen LogP contribution in [0, 0.1) is 0 Å². The van der Waals surface area contributed by atoms with E-state index in [1.54, 1.807) is 0 Å². The Morgan fingerprint density at radius 1 is 1.47 bits per heavy atom. The van der Waals surface area contributed by atoms with Crippen molar-refractivity contribution < 1.29 is 23.1 Å². The van der Waals surface area contributed by atoms with E-state index in [4.69, 9.17) is 9.84 Å². The minimum absolute atomic E-state index is 0.0746. The predicted octanol–water partition coefficient (Wildman–Crippen LogP) is 1.60. The number of sulfonamides is 1. The molecule has 0 saturated heterocycles. The Kier molecular flexibility index (Phi) is 5.77. The van der Waals surface area contributed by atoms with E-state index in [1.165, 1.54) is 25.3 Å². The first-order valence-corrected chi connectivity index (χ1v) is 7.69. The van der Waals surface area contributed by atoms with Gasteiger partial charge in [0.1, 0.15) is 5.75 Å². The summed E-state index contributed by atoms with van der Waals surface area (Å²) >= 11 is 3.21. The smallest absolute Gasteiger partial charge is 0.303 e. The second kappa shape index (κ2) is 6.88. The summed E-state index contributed by atoms with van der Waals surface area (Å²) in [5, 5.41) is 8.46. The molecule has 19 heavy (non-hydrogen) atoms. The van der Waals surface area contributed by atoms with E-state index in [9.17, 15) is 13.2 Å². The van der Waals surface area contributed by atoms with Gasteiger partial charge in [0.2, 0.25) is 10.0 Å². The number of hydrogen-bond donors (Lipinski definition) is 2. The van der Waals surface area contributed by atoms with Crippen LogP contribution in [0.25, 0.3) is 0 Å². The third kappa shape index (κ3) is 4.81. The van der Waals surface area contributed by atoms with Crippen molar-refractivity contribution in [2.24, 2.45) is 0 Å². The highest BCUT2D eigenvalue weighted by Gasteiger charge is 2.15. The van der Waals surface area contributed by atoms with Crippen molar-refractivity contribution in [3.63, 3.8) is 0 Å². The molecule has 1 aromatic rings. The highest BCUT2D eigenvalue weighted by Crippen LogP contribution is 2.27. The number of ether oxygens (including phenoxy) is 1. The lowest BCUT2D eigenvalue weighted by Crippen LogP contribution is -2.25. The van der Waals surface area contributed by atoms with Crippen LogP contribution in [-0.4, -0.2) is 33.1 Å². The van der Waals surface area contributed by atoms with Crippen LogP contribution in [0.15, 0.2) is 27.6 Å². The normalized spacial score (nSPS) is 11.3. The number of rotatable bonds is 7. The Balaban J connectivity index is 2.72. The molecule has 0 spiro atoms. The van der Waals surface area contributed by atoms with Crippen molar-refractivity contribution >= 4 is 31.9 Å². The fourth-order valence-electron chi connectivity index (χ4n) is 1.34. The van der Waals surface area contributed by atoms with Gasteiger partial charge in [0.15, 0.2) is 0 Å². The van der Waals surface area contributed by atoms with Crippen molar-refractivity contribution in [2.45, 2.75) is 17.7 Å². The van der Waals surface area contributed by atoms with Gasteiger partial charge in [0, 0.05) is 13.0 Å². The quantitative estimate of drug-likeness (QED) is 0.727. The largest absolute Gasteiger partial charge is 0.496 e. The van der Waals surface area contributed by atoms with Crippen LogP contribution >= 0.6 is 15.9 Å². The number of carboxylic acids is 1. The van der Waals surface area contributed by atoms with Crippen molar-refractivity contribution in [3.8, 4) is 5.75 Å². The molecule has 8 heteroatoms. The van der Waals surface area contributed by atoms with E-state index >= 15 is 0 Å². The number of methoxy groups -OCH3 is 1.